The van der Waals surface area contributed by atoms with Gasteiger partial charge < -0.3 is 26.4 Å². The number of hydrogen-bond acceptors (Lipinski definition) is 8. The average Bonchev–Trinajstić information content (AvgIpc) is 3.26. The van der Waals surface area contributed by atoms with Gasteiger partial charge in [-0.25, -0.2) is 4.98 Å². The Morgan fingerprint density at radius 1 is 1.21 bits per heavy atom. The number of primary amides is 1. The Kier molecular flexibility index (Phi) is 5.51. The molecule has 0 unspecified atom stereocenters. The van der Waals surface area contributed by atoms with Gasteiger partial charge in [0.15, 0.2) is 0 Å². The van der Waals surface area contributed by atoms with Crippen molar-refractivity contribution in [2.24, 2.45) is 5.73 Å². The number of carbonyl (C=O) groups is 1. The van der Waals surface area contributed by atoms with Crippen LogP contribution in [-0.2, 0) is 19.5 Å². The largest absolute Gasteiger partial charge is 0.488 e. The van der Waals surface area contributed by atoms with Gasteiger partial charge in [0.2, 0.25) is 5.91 Å². The van der Waals surface area contributed by atoms with Crippen LogP contribution in [0.15, 0.2) is 48.7 Å². The van der Waals surface area contributed by atoms with Crippen LogP contribution in [0.25, 0.3) is 16.9 Å². The molecule has 33 heavy (non-hydrogen) atoms. The van der Waals surface area contributed by atoms with Crippen molar-refractivity contribution in [3.8, 4) is 5.95 Å². The van der Waals surface area contributed by atoms with Crippen molar-refractivity contribution < 1.29 is 14.8 Å². The second-order valence-corrected chi connectivity index (χ2v) is 7.86. The third kappa shape index (κ3) is 4.04. The zero-order valence-electron chi connectivity index (χ0n) is 17.7. The molecule has 0 atom stereocenters. The van der Waals surface area contributed by atoms with Crippen LogP contribution in [0, 0.1) is 0 Å². The molecule has 0 bridgehead atoms. The van der Waals surface area contributed by atoms with Gasteiger partial charge in [-0.1, -0.05) is 30.3 Å². The maximum atomic E-state index is 11.8. The monoisotopic (exact) mass is 443 g/mol. The summed E-state index contributed by atoms with van der Waals surface area (Å²) < 4.78 is 1.60. The summed E-state index contributed by atoms with van der Waals surface area (Å²) in [5.74, 6) is 0.561. The molecule has 1 amide bonds. The molecule has 1 aliphatic rings. The lowest BCUT2D eigenvalue weighted by Crippen LogP contribution is -2.30. The number of fused-ring (bicyclic) bond motifs is 2. The van der Waals surface area contributed by atoms with E-state index in [4.69, 9.17) is 15.7 Å². The maximum absolute atomic E-state index is 11.8. The number of nitrogens with one attached hydrogen (secondary N) is 2. The van der Waals surface area contributed by atoms with Crippen LogP contribution >= 0.6 is 0 Å². The van der Waals surface area contributed by atoms with Crippen molar-refractivity contribution in [3.63, 3.8) is 0 Å². The van der Waals surface area contributed by atoms with E-state index in [0.717, 1.165) is 29.8 Å². The zero-order chi connectivity index (χ0) is 22.9. The number of anilines is 1. The Labute approximate surface area is 189 Å². The van der Waals surface area contributed by atoms with Crippen molar-refractivity contribution in [1.29, 1.82) is 0 Å². The van der Waals surface area contributed by atoms with Gasteiger partial charge in [-0.05, 0) is 36.1 Å². The number of amides is 1. The molecule has 2 aromatic heterocycles. The highest BCUT2D eigenvalue weighted by molar-refractivity contribution is 6.58. The minimum atomic E-state index is -1.52. The summed E-state index contributed by atoms with van der Waals surface area (Å²) in [6.45, 7) is 1.88. The highest BCUT2D eigenvalue weighted by atomic mass is 16.4. The van der Waals surface area contributed by atoms with Gasteiger partial charge >= 0.3 is 7.12 Å². The Hall–Kier alpha value is -3.80. The summed E-state index contributed by atoms with van der Waals surface area (Å²) in [5, 5.41) is 30.7. The smallest absolute Gasteiger partial charge is 0.423 e. The SMILES string of the molecule is NC(=O)c1cccc2c1cnn2-c1nc2c(c(NCc3cccc(B(O)O)c3)n1)CCNC2. The molecular weight excluding hydrogens is 421 g/mol. The maximum Gasteiger partial charge on any atom is 0.488 e. The van der Waals surface area contributed by atoms with E-state index in [0.29, 0.717) is 46.8 Å². The van der Waals surface area contributed by atoms with Crippen molar-refractivity contribution >= 4 is 35.2 Å². The van der Waals surface area contributed by atoms with Crippen LogP contribution in [0.2, 0.25) is 0 Å². The molecule has 4 aromatic rings. The van der Waals surface area contributed by atoms with E-state index >= 15 is 0 Å². The van der Waals surface area contributed by atoms with Crippen LogP contribution in [0.1, 0.15) is 27.2 Å². The van der Waals surface area contributed by atoms with E-state index < -0.39 is 13.0 Å². The van der Waals surface area contributed by atoms with Gasteiger partial charge in [0.1, 0.15) is 5.82 Å². The van der Waals surface area contributed by atoms with Gasteiger partial charge in [-0.3, -0.25) is 4.79 Å². The normalized spacial score (nSPS) is 13.0. The highest BCUT2D eigenvalue weighted by Crippen LogP contribution is 2.25. The number of benzene rings is 2. The molecule has 3 heterocycles. The van der Waals surface area contributed by atoms with Crippen LogP contribution in [0.5, 0.6) is 0 Å². The summed E-state index contributed by atoms with van der Waals surface area (Å²) in [6.07, 6.45) is 2.37. The third-order valence-corrected chi connectivity index (χ3v) is 5.70. The molecule has 5 rings (SSSR count). The zero-order valence-corrected chi connectivity index (χ0v) is 17.7. The standard InChI is InChI=1S/C22H22BN7O3/c24-20(31)15-5-2-6-19-17(15)11-27-30(19)22-28-18-12-25-8-7-16(18)21(29-22)26-10-13-3-1-4-14(9-13)23(32)33/h1-6,9,11,25,32-33H,7-8,10,12H2,(H2,24,31)(H,26,28,29). The first kappa shape index (κ1) is 21.1. The molecule has 2 aromatic carbocycles. The summed E-state index contributed by atoms with van der Waals surface area (Å²) in [6, 6.07) is 12.3. The molecule has 10 nitrogen and oxygen atoms in total. The Morgan fingerprint density at radius 2 is 2.06 bits per heavy atom. The van der Waals surface area contributed by atoms with Crippen molar-refractivity contribution in [2.45, 2.75) is 19.5 Å². The van der Waals surface area contributed by atoms with Gasteiger partial charge in [0, 0.05) is 24.0 Å². The van der Waals surface area contributed by atoms with Gasteiger partial charge in [0.25, 0.3) is 5.95 Å². The summed E-state index contributed by atoms with van der Waals surface area (Å²) >= 11 is 0. The van der Waals surface area contributed by atoms with Gasteiger partial charge in [-0.15, -0.1) is 0 Å². The molecule has 6 N–H and O–H groups in total. The van der Waals surface area contributed by atoms with Gasteiger partial charge in [-0.2, -0.15) is 14.8 Å². The second-order valence-electron chi connectivity index (χ2n) is 7.86. The Balaban J connectivity index is 1.54. The van der Waals surface area contributed by atoms with Crippen molar-refractivity contribution in [1.82, 2.24) is 25.1 Å². The third-order valence-electron chi connectivity index (χ3n) is 5.70. The first-order chi connectivity index (χ1) is 16.0. The Morgan fingerprint density at radius 3 is 2.88 bits per heavy atom. The predicted molar refractivity (Wildman–Crippen MR) is 124 cm³/mol. The fourth-order valence-electron chi connectivity index (χ4n) is 4.06. The van der Waals surface area contributed by atoms with E-state index in [-0.39, 0.29) is 0 Å². The number of nitrogens with zero attached hydrogens (tertiary/aromatic N) is 4. The fourth-order valence-corrected chi connectivity index (χ4v) is 4.06. The first-order valence-electron chi connectivity index (χ1n) is 10.6. The molecular formula is C22H22BN7O3. The summed E-state index contributed by atoms with van der Waals surface area (Å²) in [4.78, 5) is 21.3. The minimum absolute atomic E-state index is 0.385. The van der Waals surface area contributed by atoms with Gasteiger partial charge in [0.05, 0.1) is 23.0 Å². The lowest BCUT2D eigenvalue weighted by atomic mass is 9.79. The summed E-state index contributed by atoms with van der Waals surface area (Å²) in [5.41, 5.74) is 9.81. The van der Waals surface area contributed by atoms with Crippen LogP contribution < -0.4 is 21.8 Å². The number of nitrogens with two attached hydrogens (primary N) is 1. The molecule has 11 heteroatoms. The molecule has 0 fully saturated rings. The fraction of sp³-hybridized carbons (Fsp3) is 0.182. The Bertz CT molecular complexity index is 1360. The van der Waals surface area contributed by atoms with E-state index in [1.54, 1.807) is 41.2 Å². The summed E-state index contributed by atoms with van der Waals surface area (Å²) in [7, 11) is -1.52. The van der Waals surface area contributed by atoms with E-state index in [9.17, 15) is 14.8 Å². The van der Waals surface area contributed by atoms with E-state index in [1.807, 2.05) is 12.1 Å². The van der Waals surface area contributed by atoms with Crippen LogP contribution in [0.4, 0.5) is 5.82 Å². The van der Waals surface area contributed by atoms with E-state index in [2.05, 4.69) is 15.7 Å². The lowest BCUT2D eigenvalue weighted by Gasteiger charge is -2.21. The quantitative estimate of drug-likeness (QED) is 0.258. The second kappa shape index (κ2) is 8.62. The number of rotatable bonds is 6. The number of hydrogen-bond donors (Lipinski definition) is 5. The van der Waals surface area contributed by atoms with Crippen LogP contribution in [0.3, 0.4) is 0 Å². The molecule has 0 saturated carbocycles. The lowest BCUT2D eigenvalue weighted by molar-refractivity contribution is 0.100. The highest BCUT2D eigenvalue weighted by Gasteiger charge is 2.20. The minimum Gasteiger partial charge on any atom is -0.423 e. The van der Waals surface area contributed by atoms with Crippen molar-refractivity contribution in [3.05, 3.63) is 71.0 Å². The molecule has 0 spiro atoms. The van der Waals surface area contributed by atoms with Crippen molar-refractivity contribution in [2.75, 3.05) is 11.9 Å². The topological polar surface area (TPSA) is 151 Å². The van der Waals surface area contributed by atoms with Crippen LogP contribution in [-0.4, -0.2) is 49.4 Å². The first-order valence-corrected chi connectivity index (χ1v) is 10.6. The molecule has 0 radical (unpaired) electrons. The molecule has 0 saturated heterocycles. The molecule has 166 valence electrons. The predicted octanol–water partition coefficient (Wildman–Crippen LogP) is -0.148. The number of aromatic nitrogens is 4. The molecule has 0 aliphatic carbocycles. The molecule has 1 aliphatic heterocycles. The number of carbonyl (C=O) groups excluding carboxylic acids is 1. The van der Waals surface area contributed by atoms with E-state index in [1.165, 1.54) is 0 Å². The average molecular weight is 443 g/mol.